The third-order valence-corrected chi connectivity index (χ3v) is 3.90. The number of aliphatic hydroxyl groups is 1. The van der Waals surface area contributed by atoms with Crippen LogP contribution in [-0.4, -0.2) is 23.2 Å². The van der Waals surface area contributed by atoms with E-state index < -0.39 is 6.10 Å². The normalized spacial score (nSPS) is 12.0. The second-order valence-corrected chi connectivity index (χ2v) is 5.55. The van der Waals surface area contributed by atoms with Gasteiger partial charge in [0.25, 0.3) is 5.91 Å². The Morgan fingerprint density at radius 3 is 2.52 bits per heavy atom. The predicted molar refractivity (Wildman–Crippen MR) is 90.4 cm³/mol. The van der Waals surface area contributed by atoms with E-state index in [-0.39, 0.29) is 29.5 Å². The van der Waals surface area contributed by atoms with E-state index in [2.05, 4.69) is 10.5 Å². The van der Waals surface area contributed by atoms with Crippen molar-refractivity contribution in [3.05, 3.63) is 77.3 Å². The van der Waals surface area contributed by atoms with Crippen LogP contribution < -0.4 is 5.32 Å². The van der Waals surface area contributed by atoms with Gasteiger partial charge < -0.3 is 14.9 Å². The third-order valence-electron chi connectivity index (χ3n) is 3.90. The molecule has 128 valence electrons. The molecule has 1 atom stereocenters. The zero-order chi connectivity index (χ0) is 17.8. The van der Waals surface area contributed by atoms with Crippen molar-refractivity contribution in [3.8, 4) is 11.3 Å². The minimum Gasteiger partial charge on any atom is -0.388 e. The SMILES string of the molecule is CNC(=O)c1c(-c2ccccc2)noc1CC(O)c1ccc(F)cc1. The van der Waals surface area contributed by atoms with Gasteiger partial charge >= 0.3 is 0 Å². The molecule has 2 N–H and O–H groups in total. The van der Waals surface area contributed by atoms with Gasteiger partial charge in [-0.1, -0.05) is 47.6 Å². The average molecular weight is 340 g/mol. The summed E-state index contributed by atoms with van der Waals surface area (Å²) in [6, 6.07) is 14.7. The summed E-state index contributed by atoms with van der Waals surface area (Å²) in [5, 5.41) is 17.0. The first kappa shape index (κ1) is 16.9. The Bertz CT molecular complexity index is 860. The van der Waals surface area contributed by atoms with Gasteiger partial charge in [0.05, 0.1) is 6.10 Å². The number of aliphatic hydroxyl groups excluding tert-OH is 1. The van der Waals surface area contributed by atoms with Gasteiger partial charge in [-0.15, -0.1) is 0 Å². The van der Waals surface area contributed by atoms with E-state index in [0.29, 0.717) is 11.3 Å². The number of nitrogens with one attached hydrogen (secondary N) is 1. The summed E-state index contributed by atoms with van der Waals surface area (Å²) in [6.07, 6.45) is -0.894. The monoisotopic (exact) mass is 340 g/mol. The molecule has 0 aliphatic carbocycles. The molecule has 1 aromatic heterocycles. The standard InChI is InChI=1S/C19H17FN2O3/c1-21-19(24)17-16(11-15(23)12-7-9-14(20)10-8-12)25-22-18(17)13-5-3-2-4-6-13/h2-10,15,23H,11H2,1H3,(H,21,24). The molecule has 5 nitrogen and oxygen atoms in total. The van der Waals surface area contributed by atoms with Gasteiger partial charge in [-0.25, -0.2) is 4.39 Å². The highest BCUT2D eigenvalue weighted by atomic mass is 19.1. The molecular weight excluding hydrogens is 323 g/mol. The van der Waals surface area contributed by atoms with Crippen LogP contribution in [0.5, 0.6) is 0 Å². The molecule has 3 rings (SSSR count). The largest absolute Gasteiger partial charge is 0.388 e. The highest BCUT2D eigenvalue weighted by molar-refractivity contribution is 6.00. The molecule has 0 fully saturated rings. The zero-order valence-corrected chi connectivity index (χ0v) is 13.6. The average Bonchev–Trinajstić information content (AvgIpc) is 3.05. The van der Waals surface area contributed by atoms with Crippen molar-refractivity contribution < 1.29 is 18.8 Å². The molecule has 3 aromatic rings. The Balaban J connectivity index is 1.95. The van der Waals surface area contributed by atoms with Gasteiger partial charge in [0.2, 0.25) is 0 Å². The van der Waals surface area contributed by atoms with Gasteiger partial charge in [0.1, 0.15) is 17.1 Å². The summed E-state index contributed by atoms with van der Waals surface area (Å²) in [7, 11) is 1.52. The maximum absolute atomic E-state index is 13.0. The molecule has 1 unspecified atom stereocenters. The number of hydrogen-bond donors (Lipinski definition) is 2. The van der Waals surface area contributed by atoms with E-state index in [9.17, 15) is 14.3 Å². The summed E-state index contributed by atoms with van der Waals surface area (Å²) in [5.41, 5.74) is 1.98. The second-order valence-electron chi connectivity index (χ2n) is 5.55. The van der Waals surface area contributed by atoms with Crippen LogP contribution in [0.2, 0.25) is 0 Å². The Morgan fingerprint density at radius 1 is 1.20 bits per heavy atom. The van der Waals surface area contributed by atoms with E-state index >= 15 is 0 Å². The molecular formula is C19H17FN2O3. The Kier molecular flexibility index (Phi) is 4.90. The van der Waals surface area contributed by atoms with E-state index in [0.717, 1.165) is 5.56 Å². The van der Waals surface area contributed by atoms with E-state index in [1.54, 1.807) is 0 Å². The van der Waals surface area contributed by atoms with Crippen LogP contribution in [0.3, 0.4) is 0 Å². The van der Waals surface area contributed by atoms with Crippen LogP contribution in [-0.2, 0) is 6.42 Å². The van der Waals surface area contributed by atoms with Gasteiger partial charge in [-0.05, 0) is 17.7 Å². The molecule has 0 saturated heterocycles. The molecule has 0 spiro atoms. The number of carbonyl (C=O) groups is 1. The lowest BCUT2D eigenvalue weighted by molar-refractivity contribution is 0.0959. The molecule has 6 heteroatoms. The number of benzene rings is 2. The smallest absolute Gasteiger partial charge is 0.256 e. The maximum Gasteiger partial charge on any atom is 0.256 e. The Hall–Kier alpha value is -2.99. The number of aromatic nitrogens is 1. The van der Waals surface area contributed by atoms with E-state index in [4.69, 9.17) is 4.52 Å². The van der Waals surface area contributed by atoms with Crippen molar-refractivity contribution >= 4 is 5.91 Å². The van der Waals surface area contributed by atoms with Crippen molar-refractivity contribution in [2.24, 2.45) is 0 Å². The fraction of sp³-hybridized carbons (Fsp3) is 0.158. The first-order valence-electron chi connectivity index (χ1n) is 7.79. The topological polar surface area (TPSA) is 75.4 Å². The summed E-state index contributed by atoms with van der Waals surface area (Å²) in [4.78, 5) is 12.3. The zero-order valence-electron chi connectivity index (χ0n) is 13.6. The van der Waals surface area contributed by atoms with Crippen LogP contribution in [0.15, 0.2) is 59.1 Å². The molecule has 2 aromatic carbocycles. The molecule has 1 heterocycles. The molecule has 0 aliphatic heterocycles. The quantitative estimate of drug-likeness (QED) is 0.748. The number of hydrogen-bond acceptors (Lipinski definition) is 4. The van der Waals surface area contributed by atoms with Crippen molar-refractivity contribution in [1.29, 1.82) is 0 Å². The second kappa shape index (κ2) is 7.27. The fourth-order valence-electron chi connectivity index (χ4n) is 2.59. The van der Waals surface area contributed by atoms with Crippen LogP contribution in [0, 0.1) is 5.82 Å². The molecule has 0 radical (unpaired) electrons. The molecule has 25 heavy (non-hydrogen) atoms. The molecule has 0 aliphatic rings. The number of carbonyl (C=O) groups excluding carboxylic acids is 1. The first-order valence-corrected chi connectivity index (χ1v) is 7.79. The van der Waals surface area contributed by atoms with Gasteiger partial charge in [0.15, 0.2) is 5.76 Å². The number of amides is 1. The summed E-state index contributed by atoms with van der Waals surface area (Å²) in [6.45, 7) is 0. The van der Waals surface area contributed by atoms with Crippen molar-refractivity contribution in [2.45, 2.75) is 12.5 Å². The highest BCUT2D eigenvalue weighted by Gasteiger charge is 2.25. The van der Waals surface area contributed by atoms with Crippen LogP contribution in [0.1, 0.15) is 27.8 Å². The summed E-state index contributed by atoms with van der Waals surface area (Å²) in [5.74, 6) is -0.454. The maximum atomic E-state index is 13.0. The van der Waals surface area contributed by atoms with Gasteiger partial charge in [0, 0.05) is 19.0 Å². The number of halogens is 1. The van der Waals surface area contributed by atoms with Crippen LogP contribution >= 0.6 is 0 Å². The highest BCUT2D eigenvalue weighted by Crippen LogP contribution is 2.28. The van der Waals surface area contributed by atoms with Gasteiger partial charge in [-0.3, -0.25) is 4.79 Å². The lowest BCUT2D eigenvalue weighted by atomic mass is 10.00. The molecule has 0 saturated carbocycles. The summed E-state index contributed by atoms with van der Waals surface area (Å²) < 4.78 is 18.4. The van der Waals surface area contributed by atoms with Crippen LogP contribution in [0.4, 0.5) is 4.39 Å². The van der Waals surface area contributed by atoms with Crippen molar-refractivity contribution in [3.63, 3.8) is 0 Å². The number of nitrogens with zero attached hydrogens (tertiary/aromatic N) is 1. The fourth-order valence-corrected chi connectivity index (χ4v) is 2.59. The third kappa shape index (κ3) is 3.59. The minimum atomic E-state index is -0.944. The van der Waals surface area contributed by atoms with Crippen LogP contribution in [0.25, 0.3) is 11.3 Å². The van der Waals surface area contributed by atoms with Gasteiger partial charge in [-0.2, -0.15) is 0 Å². The molecule has 0 bridgehead atoms. The van der Waals surface area contributed by atoms with E-state index in [1.807, 2.05) is 30.3 Å². The molecule has 1 amide bonds. The minimum absolute atomic E-state index is 0.0498. The predicted octanol–water partition coefficient (Wildman–Crippen LogP) is 3.12. The number of rotatable bonds is 5. The lowest BCUT2D eigenvalue weighted by Crippen LogP contribution is -2.20. The first-order chi connectivity index (χ1) is 12.1. The van der Waals surface area contributed by atoms with E-state index in [1.165, 1.54) is 31.3 Å². The van der Waals surface area contributed by atoms with Crippen molar-refractivity contribution in [1.82, 2.24) is 10.5 Å². The summed E-state index contributed by atoms with van der Waals surface area (Å²) >= 11 is 0. The lowest BCUT2D eigenvalue weighted by Gasteiger charge is -2.10. The van der Waals surface area contributed by atoms with Crippen molar-refractivity contribution in [2.75, 3.05) is 7.05 Å². The Morgan fingerprint density at radius 2 is 1.88 bits per heavy atom. The Labute approximate surface area is 144 Å².